The number of carbonyl (C=O) groups is 1. The van der Waals surface area contributed by atoms with Crippen molar-refractivity contribution in [1.29, 1.82) is 5.26 Å². The molecule has 118 valence electrons. The van der Waals surface area contributed by atoms with Gasteiger partial charge in [0.05, 0.1) is 17.7 Å². The van der Waals surface area contributed by atoms with Gasteiger partial charge in [-0.05, 0) is 25.1 Å². The van der Waals surface area contributed by atoms with Crippen molar-refractivity contribution in [1.82, 2.24) is 9.80 Å². The molecule has 1 atom stereocenters. The number of ether oxygens (including phenoxy) is 1. The van der Waals surface area contributed by atoms with E-state index in [9.17, 15) is 9.90 Å². The number of rotatable bonds is 5. The van der Waals surface area contributed by atoms with Crippen LogP contribution in [0.25, 0.3) is 0 Å². The first-order chi connectivity index (χ1) is 10.6. The Morgan fingerprint density at radius 3 is 2.77 bits per heavy atom. The Balaban J connectivity index is 1.77. The van der Waals surface area contributed by atoms with Gasteiger partial charge < -0.3 is 14.7 Å². The average Bonchev–Trinajstić information content (AvgIpc) is 2.53. The third-order valence-electron chi connectivity index (χ3n) is 3.57. The van der Waals surface area contributed by atoms with Crippen molar-refractivity contribution in [3.8, 4) is 11.8 Å². The van der Waals surface area contributed by atoms with Gasteiger partial charge in [0, 0.05) is 32.7 Å². The lowest BCUT2D eigenvalue weighted by Crippen LogP contribution is -2.51. The molecule has 0 bridgehead atoms. The van der Waals surface area contributed by atoms with Crippen molar-refractivity contribution in [2.45, 2.75) is 13.0 Å². The molecule has 0 unspecified atom stereocenters. The van der Waals surface area contributed by atoms with E-state index in [0.29, 0.717) is 30.9 Å². The summed E-state index contributed by atoms with van der Waals surface area (Å²) >= 11 is 0. The summed E-state index contributed by atoms with van der Waals surface area (Å²) in [5, 5.41) is 18.2. The van der Waals surface area contributed by atoms with Gasteiger partial charge in [0.1, 0.15) is 5.75 Å². The van der Waals surface area contributed by atoms with E-state index in [4.69, 9.17) is 10.00 Å². The lowest BCUT2D eigenvalue weighted by molar-refractivity contribution is -0.135. The molecule has 0 aliphatic carbocycles. The minimum absolute atomic E-state index is 0.0225. The molecule has 1 N–H and O–H groups in total. The highest BCUT2D eigenvalue weighted by molar-refractivity contribution is 5.77. The lowest BCUT2D eigenvalue weighted by atomic mass is 10.2. The van der Waals surface area contributed by atoms with Crippen LogP contribution < -0.4 is 4.74 Å². The van der Waals surface area contributed by atoms with E-state index in [-0.39, 0.29) is 18.6 Å². The van der Waals surface area contributed by atoms with Crippen LogP contribution in [0.2, 0.25) is 0 Å². The zero-order valence-electron chi connectivity index (χ0n) is 12.7. The lowest BCUT2D eigenvalue weighted by Gasteiger charge is -2.35. The van der Waals surface area contributed by atoms with Crippen molar-refractivity contribution in [2.24, 2.45) is 0 Å². The topological polar surface area (TPSA) is 76.8 Å². The van der Waals surface area contributed by atoms with E-state index in [1.54, 1.807) is 36.1 Å². The van der Waals surface area contributed by atoms with E-state index < -0.39 is 0 Å². The molecule has 0 spiro atoms. The van der Waals surface area contributed by atoms with E-state index >= 15 is 0 Å². The van der Waals surface area contributed by atoms with E-state index in [1.165, 1.54) is 0 Å². The number of benzene rings is 1. The fraction of sp³-hybridized carbons (Fsp3) is 0.500. The first-order valence-corrected chi connectivity index (χ1v) is 7.39. The molecule has 0 saturated carbocycles. The second kappa shape index (κ2) is 7.78. The highest BCUT2D eigenvalue weighted by Crippen LogP contribution is 2.13. The Hall–Kier alpha value is -2.10. The Labute approximate surface area is 130 Å². The van der Waals surface area contributed by atoms with Crippen LogP contribution in [0, 0.1) is 11.3 Å². The number of nitrogens with zero attached hydrogens (tertiary/aromatic N) is 3. The Bertz CT molecular complexity index is 546. The van der Waals surface area contributed by atoms with Gasteiger partial charge in [0.15, 0.2) is 6.61 Å². The number of amides is 1. The predicted octanol–water partition coefficient (Wildman–Crippen LogP) is 0.462. The summed E-state index contributed by atoms with van der Waals surface area (Å²) < 4.78 is 5.46. The Kier molecular flexibility index (Phi) is 5.75. The molecule has 22 heavy (non-hydrogen) atoms. The minimum atomic E-state index is -0.349. The fourth-order valence-corrected chi connectivity index (χ4v) is 2.45. The quantitative estimate of drug-likeness (QED) is 0.855. The molecule has 1 saturated heterocycles. The smallest absolute Gasteiger partial charge is 0.260 e. The molecule has 6 nitrogen and oxygen atoms in total. The van der Waals surface area contributed by atoms with E-state index in [1.807, 2.05) is 6.07 Å². The number of hydrogen-bond acceptors (Lipinski definition) is 5. The van der Waals surface area contributed by atoms with Gasteiger partial charge in [-0.1, -0.05) is 6.07 Å². The van der Waals surface area contributed by atoms with Crippen LogP contribution in [-0.2, 0) is 4.79 Å². The molecule has 2 rings (SSSR count). The number of aliphatic hydroxyl groups excluding tert-OH is 1. The van der Waals surface area contributed by atoms with Gasteiger partial charge in [0.25, 0.3) is 5.91 Å². The zero-order chi connectivity index (χ0) is 15.9. The summed E-state index contributed by atoms with van der Waals surface area (Å²) in [6.45, 7) is 5.20. The average molecular weight is 303 g/mol. The summed E-state index contributed by atoms with van der Waals surface area (Å²) in [4.78, 5) is 16.0. The van der Waals surface area contributed by atoms with Crippen LogP contribution >= 0.6 is 0 Å². The highest BCUT2D eigenvalue weighted by Gasteiger charge is 2.21. The highest BCUT2D eigenvalue weighted by atomic mass is 16.5. The van der Waals surface area contributed by atoms with Crippen LogP contribution in [0.5, 0.6) is 5.75 Å². The summed E-state index contributed by atoms with van der Waals surface area (Å²) in [6.07, 6.45) is -0.349. The molecule has 1 aromatic rings. The maximum absolute atomic E-state index is 12.1. The maximum Gasteiger partial charge on any atom is 0.260 e. The monoisotopic (exact) mass is 303 g/mol. The molecule has 1 heterocycles. The molecular formula is C16H21N3O3. The second-order valence-electron chi connectivity index (χ2n) is 5.46. The predicted molar refractivity (Wildman–Crippen MR) is 81.4 cm³/mol. The van der Waals surface area contributed by atoms with Crippen LogP contribution in [-0.4, -0.2) is 66.2 Å². The maximum atomic E-state index is 12.1. The van der Waals surface area contributed by atoms with Gasteiger partial charge in [-0.25, -0.2) is 0 Å². The van der Waals surface area contributed by atoms with Crippen LogP contribution in [0.3, 0.4) is 0 Å². The number of hydrogen-bond donors (Lipinski definition) is 1. The SMILES string of the molecule is C[C@H](O)CN1CCN(C(=O)COc2cccc(C#N)c2)CC1. The standard InChI is InChI=1S/C16H21N3O3/c1-13(20)11-18-5-7-19(8-6-18)16(21)12-22-15-4-2-3-14(9-15)10-17/h2-4,9,13,20H,5-8,11-12H2,1H3/t13-/m0/s1. The molecule has 1 aliphatic rings. The molecule has 0 aromatic heterocycles. The number of β-amino-alcohol motifs (C(OH)–C–C–N with tert-alkyl or cyclic N) is 1. The van der Waals surface area contributed by atoms with Gasteiger partial charge >= 0.3 is 0 Å². The fourth-order valence-electron chi connectivity index (χ4n) is 2.45. The van der Waals surface area contributed by atoms with Gasteiger partial charge in [0.2, 0.25) is 0 Å². The molecule has 0 radical (unpaired) electrons. The second-order valence-corrected chi connectivity index (χ2v) is 5.46. The minimum Gasteiger partial charge on any atom is -0.484 e. The molecule has 1 amide bonds. The Morgan fingerprint density at radius 1 is 1.41 bits per heavy atom. The Morgan fingerprint density at radius 2 is 2.14 bits per heavy atom. The van der Waals surface area contributed by atoms with Crippen molar-refractivity contribution in [3.05, 3.63) is 29.8 Å². The molecule has 1 aliphatic heterocycles. The van der Waals surface area contributed by atoms with Gasteiger partial charge in [-0.3, -0.25) is 9.69 Å². The molecule has 1 fully saturated rings. The van der Waals surface area contributed by atoms with Crippen molar-refractivity contribution < 1.29 is 14.6 Å². The first-order valence-electron chi connectivity index (χ1n) is 7.39. The largest absolute Gasteiger partial charge is 0.484 e. The number of carbonyl (C=O) groups excluding carboxylic acids is 1. The third-order valence-corrected chi connectivity index (χ3v) is 3.57. The van der Waals surface area contributed by atoms with Gasteiger partial charge in [-0.2, -0.15) is 5.26 Å². The number of piperazine rings is 1. The van der Waals surface area contributed by atoms with E-state index in [0.717, 1.165) is 13.1 Å². The summed E-state index contributed by atoms with van der Waals surface area (Å²) in [6, 6.07) is 8.81. The number of aliphatic hydroxyl groups is 1. The first kappa shape index (κ1) is 16.3. The molecule has 6 heteroatoms. The zero-order valence-corrected chi connectivity index (χ0v) is 12.7. The van der Waals surface area contributed by atoms with E-state index in [2.05, 4.69) is 4.90 Å². The van der Waals surface area contributed by atoms with Gasteiger partial charge in [-0.15, -0.1) is 0 Å². The summed E-state index contributed by atoms with van der Waals surface area (Å²) in [5.74, 6) is 0.471. The normalized spacial score (nSPS) is 16.9. The van der Waals surface area contributed by atoms with Crippen molar-refractivity contribution >= 4 is 5.91 Å². The molecular weight excluding hydrogens is 282 g/mol. The summed E-state index contributed by atoms with van der Waals surface area (Å²) in [5.41, 5.74) is 0.511. The molecule has 1 aromatic carbocycles. The van der Waals surface area contributed by atoms with Crippen molar-refractivity contribution in [3.63, 3.8) is 0 Å². The third kappa shape index (κ3) is 4.72. The van der Waals surface area contributed by atoms with Crippen molar-refractivity contribution in [2.75, 3.05) is 39.3 Å². The van der Waals surface area contributed by atoms with Crippen LogP contribution in [0.4, 0.5) is 0 Å². The number of nitriles is 1. The van der Waals surface area contributed by atoms with Crippen LogP contribution in [0.15, 0.2) is 24.3 Å². The summed E-state index contributed by atoms with van der Waals surface area (Å²) in [7, 11) is 0. The van der Waals surface area contributed by atoms with Crippen LogP contribution in [0.1, 0.15) is 12.5 Å².